The normalized spacial score (nSPS) is 15.9. The summed E-state index contributed by atoms with van der Waals surface area (Å²) >= 11 is 6.36. The molecule has 1 atom stereocenters. The molecule has 1 aliphatic rings. The van der Waals surface area contributed by atoms with Gasteiger partial charge in [0, 0.05) is 43.6 Å². The molecule has 3 heterocycles. The third kappa shape index (κ3) is 4.08. The number of carbonyl (C=O) groups is 1. The molecule has 1 fully saturated rings. The van der Waals surface area contributed by atoms with E-state index >= 15 is 0 Å². The van der Waals surface area contributed by atoms with Crippen molar-refractivity contribution in [1.82, 2.24) is 24.6 Å². The molecule has 0 amide bonds. The number of hydrogen-bond donors (Lipinski definition) is 0. The summed E-state index contributed by atoms with van der Waals surface area (Å²) in [5.41, 5.74) is 0.759. The standard InChI is InChI=1S/C20H21ClN6O2/c1-29-20(28)19(15-5-2-3-6-16(15)21)26-11-9-25(10-12-26)17-13-22-14-18(24-17)27-8-4-7-23-27/h2-8,13-14,19H,9-12H2,1H3/t19-/m0/s1. The Hall–Kier alpha value is -2.97. The summed E-state index contributed by atoms with van der Waals surface area (Å²) in [6.07, 6.45) is 6.96. The molecule has 9 heteroatoms. The minimum absolute atomic E-state index is 0.313. The maximum Gasteiger partial charge on any atom is 0.327 e. The highest BCUT2D eigenvalue weighted by Crippen LogP contribution is 2.30. The number of benzene rings is 1. The van der Waals surface area contributed by atoms with Gasteiger partial charge < -0.3 is 9.64 Å². The number of esters is 1. The van der Waals surface area contributed by atoms with Crippen molar-refractivity contribution in [3.05, 3.63) is 65.7 Å². The zero-order valence-electron chi connectivity index (χ0n) is 16.0. The predicted molar refractivity (Wildman–Crippen MR) is 109 cm³/mol. The number of methoxy groups -OCH3 is 1. The second-order valence-electron chi connectivity index (χ2n) is 6.66. The Labute approximate surface area is 173 Å². The van der Waals surface area contributed by atoms with Crippen molar-refractivity contribution in [2.75, 3.05) is 38.2 Å². The number of anilines is 1. The lowest BCUT2D eigenvalue weighted by atomic mass is 10.0. The molecule has 0 radical (unpaired) electrons. The lowest BCUT2D eigenvalue weighted by molar-refractivity contribution is -0.147. The minimum Gasteiger partial charge on any atom is -0.468 e. The van der Waals surface area contributed by atoms with Crippen LogP contribution in [0.2, 0.25) is 5.02 Å². The van der Waals surface area contributed by atoms with E-state index < -0.39 is 6.04 Å². The fraction of sp³-hybridized carbons (Fsp3) is 0.300. The Morgan fingerprint density at radius 3 is 2.55 bits per heavy atom. The smallest absolute Gasteiger partial charge is 0.327 e. The molecule has 1 saturated heterocycles. The zero-order valence-corrected chi connectivity index (χ0v) is 16.7. The van der Waals surface area contributed by atoms with Crippen molar-refractivity contribution < 1.29 is 9.53 Å². The number of piperazine rings is 1. The van der Waals surface area contributed by atoms with Crippen molar-refractivity contribution >= 4 is 23.4 Å². The van der Waals surface area contributed by atoms with E-state index in [0.29, 0.717) is 37.0 Å². The number of nitrogens with zero attached hydrogens (tertiary/aromatic N) is 6. The molecule has 3 aromatic rings. The first-order valence-electron chi connectivity index (χ1n) is 9.30. The summed E-state index contributed by atoms with van der Waals surface area (Å²) in [6, 6.07) is 8.70. The summed E-state index contributed by atoms with van der Waals surface area (Å²) in [6.45, 7) is 2.74. The number of aromatic nitrogens is 4. The zero-order chi connectivity index (χ0) is 20.2. The van der Waals surface area contributed by atoms with Gasteiger partial charge in [-0.15, -0.1) is 0 Å². The highest BCUT2D eigenvalue weighted by atomic mass is 35.5. The first-order chi connectivity index (χ1) is 14.2. The van der Waals surface area contributed by atoms with Gasteiger partial charge in [-0.05, 0) is 17.7 Å². The van der Waals surface area contributed by atoms with E-state index in [2.05, 4.69) is 24.9 Å². The van der Waals surface area contributed by atoms with Crippen LogP contribution in [0.15, 0.2) is 55.1 Å². The van der Waals surface area contributed by atoms with Crippen molar-refractivity contribution in [3.63, 3.8) is 0 Å². The van der Waals surface area contributed by atoms with Crippen LogP contribution in [0.1, 0.15) is 11.6 Å². The number of hydrogen-bond acceptors (Lipinski definition) is 7. The molecule has 4 rings (SSSR count). The molecule has 29 heavy (non-hydrogen) atoms. The van der Waals surface area contributed by atoms with Crippen LogP contribution in [-0.2, 0) is 9.53 Å². The number of ether oxygens (including phenoxy) is 1. The van der Waals surface area contributed by atoms with Crippen molar-refractivity contribution in [2.45, 2.75) is 6.04 Å². The van der Waals surface area contributed by atoms with Crippen LogP contribution >= 0.6 is 11.6 Å². The van der Waals surface area contributed by atoms with E-state index in [0.717, 1.165) is 11.4 Å². The average Bonchev–Trinajstić information content (AvgIpc) is 3.31. The quantitative estimate of drug-likeness (QED) is 0.595. The lowest BCUT2D eigenvalue weighted by Gasteiger charge is -2.38. The van der Waals surface area contributed by atoms with Crippen molar-refractivity contribution in [1.29, 1.82) is 0 Å². The van der Waals surface area contributed by atoms with E-state index in [-0.39, 0.29) is 5.97 Å². The fourth-order valence-corrected chi connectivity index (χ4v) is 3.74. The number of rotatable bonds is 5. The predicted octanol–water partition coefficient (Wildman–Crippen LogP) is 2.35. The first kappa shape index (κ1) is 19.4. The maximum atomic E-state index is 12.5. The van der Waals surface area contributed by atoms with Crippen LogP contribution in [0.4, 0.5) is 5.82 Å². The van der Waals surface area contributed by atoms with Crippen molar-refractivity contribution in [3.8, 4) is 5.82 Å². The topological polar surface area (TPSA) is 76.4 Å². The van der Waals surface area contributed by atoms with E-state index in [4.69, 9.17) is 16.3 Å². The van der Waals surface area contributed by atoms with Gasteiger partial charge in [-0.1, -0.05) is 29.8 Å². The lowest BCUT2D eigenvalue weighted by Crippen LogP contribution is -2.49. The van der Waals surface area contributed by atoms with Gasteiger partial charge in [-0.3, -0.25) is 9.88 Å². The Balaban J connectivity index is 1.50. The minimum atomic E-state index is -0.530. The molecule has 1 aromatic carbocycles. The number of halogens is 1. The van der Waals surface area contributed by atoms with Crippen LogP contribution in [0.3, 0.4) is 0 Å². The van der Waals surface area contributed by atoms with Gasteiger partial charge in [-0.2, -0.15) is 5.10 Å². The van der Waals surface area contributed by atoms with Gasteiger partial charge in [0.15, 0.2) is 5.82 Å². The molecule has 2 aromatic heterocycles. The SMILES string of the molecule is COC(=O)[C@H](c1ccccc1Cl)N1CCN(c2cncc(-n3cccn3)n2)CC1. The highest BCUT2D eigenvalue weighted by molar-refractivity contribution is 6.31. The molecule has 0 unspecified atom stereocenters. The molecular weight excluding hydrogens is 392 g/mol. The van der Waals surface area contributed by atoms with E-state index in [1.54, 1.807) is 29.3 Å². The Morgan fingerprint density at radius 2 is 1.86 bits per heavy atom. The van der Waals surface area contributed by atoms with Gasteiger partial charge in [0.05, 0.1) is 19.5 Å². The van der Waals surface area contributed by atoms with Crippen LogP contribution in [0.5, 0.6) is 0 Å². The molecule has 1 aliphatic heterocycles. The number of carbonyl (C=O) groups excluding carboxylic acids is 1. The van der Waals surface area contributed by atoms with E-state index in [9.17, 15) is 4.79 Å². The van der Waals surface area contributed by atoms with E-state index in [1.165, 1.54) is 7.11 Å². The molecular formula is C20H21ClN6O2. The van der Waals surface area contributed by atoms with Crippen LogP contribution < -0.4 is 4.90 Å². The molecule has 0 saturated carbocycles. The molecule has 0 spiro atoms. The van der Waals surface area contributed by atoms with Gasteiger partial charge in [-0.25, -0.2) is 14.5 Å². The summed E-state index contributed by atoms with van der Waals surface area (Å²) in [5.74, 6) is 1.13. The molecule has 0 aliphatic carbocycles. The Kier molecular flexibility index (Phi) is 5.73. The molecule has 150 valence electrons. The highest BCUT2D eigenvalue weighted by Gasteiger charge is 2.32. The van der Waals surface area contributed by atoms with Gasteiger partial charge >= 0.3 is 5.97 Å². The Morgan fingerprint density at radius 1 is 1.10 bits per heavy atom. The fourth-order valence-electron chi connectivity index (χ4n) is 3.50. The molecule has 0 N–H and O–H groups in total. The van der Waals surface area contributed by atoms with Gasteiger partial charge in [0.25, 0.3) is 0 Å². The third-order valence-corrected chi connectivity index (χ3v) is 5.32. The van der Waals surface area contributed by atoms with Crippen LogP contribution in [0.25, 0.3) is 5.82 Å². The summed E-state index contributed by atoms with van der Waals surface area (Å²) < 4.78 is 6.74. The largest absolute Gasteiger partial charge is 0.468 e. The maximum absolute atomic E-state index is 12.5. The van der Waals surface area contributed by atoms with Crippen LogP contribution in [0, 0.1) is 0 Å². The molecule has 8 nitrogen and oxygen atoms in total. The monoisotopic (exact) mass is 412 g/mol. The summed E-state index contributed by atoms with van der Waals surface area (Å²) in [5, 5.41) is 4.76. The van der Waals surface area contributed by atoms with Gasteiger partial charge in [0.2, 0.25) is 0 Å². The van der Waals surface area contributed by atoms with Crippen molar-refractivity contribution in [2.24, 2.45) is 0 Å². The molecule has 0 bridgehead atoms. The summed E-state index contributed by atoms with van der Waals surface area (Å²) in [7, 11) is 1.40. The second-order valence-corrected chi connectivity index (χ2v) is 7.06. The Bertz CT molecular complexity index is 973. The van der Waals surface area contributed by atoms with Gasteiger partial charge in [0.1, 0.15) is 11.9 Å². The van der Waals surface area contributed by atoms with Crippen LogP contribution in [-0.4, -0.2) is 63.9 Å². The summed E-state index contributed by atoms with van der Waals surface area (Å²) in [4.78, 5) is 25.7. The average molecular weight is 413 g/mol. The first-order valence-corrected chi connectivity index (χ1v) is 9.68. The van der Waals surface area contributed by atoms with E-state index in [1.807, 2.05) is 30.5 Å². The third-order valence-electron chi connectivity index (χ3n) is 4.98. The second kappa shape index (κ2) is 8.59.